The van der Waals surface area contributed by atoms with Gasteiger partial charge >= 0.3 is 0 Å². The van der Waals surface area contributed by atoms with E-state index in [4.69, 9.17) is 0 Å². The molecule has 0 aromatic rings. The smallest absolute Gasteiger partial charge is 0.155 e. The van der Waals surface area contributed by atoms with Crippen molar-refractivity contribution in [1.82, 2.24) is 0 Å². The molecule has 0 amide bonds. The highest BCUT2D eigenvalue weighted by Crippen LogP contribution is 2.13. The monoisotopic (exact) mass is 248 g/mol. The van der Waals surface area contributed by atoms with Gasteiger partial charge in [-0.1, -0.05) is 37.6 Å². The van der Waals surface area contributed by atoms with Gasteiger partial charge in [0.05, 0.1) is 0 Å². The zero-order valence-electron chi connectivity index (χ0n) is 12.6. The first-order chi connectivity index (χ1) is 8.45. The molecule has 0 saturated heterocycles. The number of hydrogen-bond acceptors (Lipinski definition) is 1. The van der Waals surface area contributed by atoms with Crippen LogP contribution >= 0.6 is 0 Å². The van der Waals surface area contributed by atoms with Crippen LogP contribution in [0.3, 0.4) is 0 Å². The van der Waals surface area contributed by atoms with Gasteiger partial charge in [0.25, 0.3) is 0 Å². The Morgan fingerprint density at radius 1 is 1.22 bits per heavy atom. The molecule has 0 spiro atoms. The average molecular weight is 248 g/mol. The fourth-order valence-corrected chi connectivity index (χ4v) is 1.66. The van der Waals surface area contributed by atoms with Crippen molar-refractivity contribution in [3.05, 3.63) is 35.5 Å². The minimum absolute atomic E-state index is 0.203. The van der Waals surface area contributed by atoms with Crippen LogP contribution < -0.4 is 0 Å². The van der Waals surface area contributed by atoms with Gasteiger partial charge in [0.15, 0.2) is 5.78 Å². The summed E-state index contributed by atoms with van der Waals surface area (Å²) in [5, 5.41) is 0. The third-order valence-corrected chi connectivity index (χ3v) is 2.87. The van der Waals surface area contributed by atoms with Gasteiger partial charge in [-0.25, -0.2) is 0 Å². The van der Waals surface area contributed by atoms with E-state index in [2.05, 4.69) is 39.0 Å². The summed E-state index contributed by atoms with van der Waals surface area (Å²) in [5.41, 5.74) is 2.45. The van der Waals surface area contributed by atoms with E-state index < -0.39 is 0 Å². The Morgan fingerprint density at radius 2 is 1.89 bits per heavy atom. The van der Waals surface area contributed by atoms with Crippen LogP contribution in [-0.4, -0.2) is 5.78 Å². The summed E-state index contributed by atoms with van der Waals surface area (Å²) in [7, 11) is 0. The maximum atomic E-state index is 11.2. The SMILES string of the molecule is CCC(=O)C=C(C)C=CCC(C)CCC=C(C)C. The summed E-state index contributed by atoms with van der Waals surface area (Å²) >= 11 is 0. The summed E-state index contributed by atoms with van der Waals surface area (Å²) < 4.78 is 0. The molecule has 0 saturated carbocycles. The van der Waals surface area contributed by atoms with E-state index in [-0.39, 0.29) is 5.78 Å². The van der Waals surface area contributed by atoms with E-state index in [1.165, 1.54) is 18.4 Å². The molecule has 0 bridgehead atoms. The lowest BCUT2D eigenvalue weighted by Gasteiger charge is -2.06. The van der Waals surface area contributed by atoms with Crippen LogP contribution in [0.25, 0.3) is 0 Å². The minimum atomic E-state index is 0.203. The second kappa shape index (κ2) is 9.87. The fraction of sp³-hybridized carbons (Fsp3) is 0.588. The predicted molar refractivity (Wildman–Crippen MR) is 80.6 cm³/mol. The molecule has 102 valence electrons. The van der Waals surface area contributed by atoms with Crippen molar-refractivity contribution in [1.29, 1.82) is 0 Å². The molecule has 0 fully saturated rings. The van der Waals surface area contributed by atoms with Crippen molar-refractivity contribution in [2.24, 2.45) is 5.92 Å². The lowest BCUT2D eigenvalue weighted by Crippen LogP contribution is -1.92. The van der Waals surface area contributed by atoms with Crippen LogP contribution in [-0.2, 0) is 4.79 Å². The molecule has 0 radical (unpaired) electrons. The number of carbonyl (C=O) groups excluding carboxylic acids is 1. The van der Waals surface area contributed by atoms with Crippen LogP contribution in [0.5, 0.6) is 0 Å². The van der Waals surface area contributed by atoms with Crippen LogP contribution in [0.15, 0.2) is 35.5 Å². The highest BCUT2D eigenvalue weighted by atomic mass is 16.1. The molecule has 0 rings (SSSR count). The lowest BCUT2D eigenvalue weighted by molar-refractivity contribution is -0.114. The first-order valence-corrected chi connectivity index (χ1v) is 6.96. The molecule has 0 aromatic carbocycles. The van der Waals surface area contributed by atoms with Crippen molar-refractivity contribution in [2.75, 3.05) is 0 Å². The molecule has 1 heteroatoms. The van der Waals surface area contributed by atoms with Crippen LogP contribution in [0, 0.1) is 5.92 Å². The summed E-state index contributed by atoms with van der Waals surface area (Å²) in [6.45, 7) is 10.4. The normalized spacial score (nSPS) is 13.7. The van der Waals surface area contributed by atoms with E-state index in [0.717, 1.165) is 12.0 Å². The molecule has 1 atom stereocenters. The van der Waals surface area contributed by atoms with Crippen LogP contribution in [0.2, 0.25) is 0 Å². The number of allylic oxidation sites excluding steroid dienone is 6. The van der Waals surface area contributed by atoms with Gasteiger partial charge in [-0.2, -0.15) is 0 Å². The van der Waals surface area contributed by atoms with E-state index in [0.29, 0.717) is 12.3 Å². The Balaban J connectivity index is 3.97. The fourth-order valence-electron chi connectivity index (χ4n) is 1.66. The molecule has 18 heavy (non-hydrogen) atoms. The Kier molecular flexibility index (Phi) is 9.26. The van der Waals surface area contributed by atoms with Gasteiger partial charge in [-0.05, 0) is 57.6 Å². The van der Waals surface area contributed by atoms with Crippen molar-refractivity contribution < 1.29 is 4.79 Å². The molecule has 0 N–H and O–H groups in total. The number of carbonyl (C=O) groups is 1. The van der Waals surface area contributed by atoms with Crippen molar-refractivity contribution in [2.45, 2.75) is 60.3 Å². The molecule has 0 aromatic heterocycles. The van der Waals surface area contributed by atoms with Crippen molar-refractivity contribution >= 4 is 5.78 Å². The van der Waals surface area contributed by atoms with Crippen LogP contribution in [0.1, 0.15) is 60.3 Å². The average Bonchev–Trinajstić information content (AvgIpc) is 2.28. The summed E-state index contributed by atoms with van der Waals surface area (Å²) in [6.07, 6.45) is 12.3. The molecule has 1 unspecified atom stereocenters. The highest BCUT2D eigenvalue weighted by molar-refractivity contribution is 5.90. The Morgan fingerprint density at radius 3 is 2.44 bits per heavy atom. The lowest BCUT2D eigenvalue weighted by atomic mass is 10.0. The van der Waals surface area contributed by atoms with Gasteiger partial charge in [-0.3, -0.25) is 4.79 Å². The van der Waals surface area contributed by atoms with Crippen LogP contribution in [0.4, 0.5) is 0 Å². The van der Waals surface area contributed by atoms with E-state index in [1.807, 2.05) is 13.8 Å². The van der Waals surface area contributed by atoms with Gasteiger partial charge in [0, 0.05) is 6.42 Å². The Bertz CT molecular complexity index is 328. The molecular weight excluding hydrogens is 220 g/mol. The quantitative estimate of drug-likeness (QED) is 0.326. The van der Waals surface area contributed by atoms with E-state index in [1.54, 1.807) is 6.08 Å². The van der Waals surface area contributed by atoms with Gasteiger partial charge < -0.3 is 0 Å². The van der Waals surface area contributed by atoms with E-state index in [9.17, 15) is 4.79 Å². The Hall–Kier alpha value is -1.11. The van der Waals surface area contributed by atoms with Crippen molar-refractivity contribution in [3.63, 3.8) is 0 Å². The Labute approximate surface area is 113 Å². The standard InChI is InChI=1S/C17H28O/c1-6-17(18)13-16(5)12-8-11-15(4)10-7-9-14(2)3/h8-9,12-13,15H,6-7,10-11H2,1-5H3. The van der Waals surface area contributed by atoms with Crippen molar-refractivity contribution in [3.8, 4) is 0 Å². The minimum Gasteiger partial charge on any atom is -0.295 e. The van der Waals surface area contributed by atoms with Gasteiger partial charge in [0.1, 0.15) is 0 Å². The second-order valence-corrected chi connectivity index (χ2v) is 5.31. The zero-order valence-corrected chi connectivity index (χ0v) is 12.6. The third kappa shape index (κ3) is 10.1. The predicted octanol–water partition coefficient (Wildman–Crippen LogP) is 5.24. The molecule has 1 nitrogen and oxygen atoms in total. The summed E-state index contributed by atoms with van der Waals surface area (Å²) in [4.78, 5) is 11.2. The molecule has 0 heterocycles. The second-order valence-electron chi connectivity index (χ2n) is 5.31. The topological polar surface area (TPSA) is 17.1 Å². The highest BCUT2D eigenvalue weighted by Gasteiger charge is 1.98. The number of hydrogen-bond donors (Lipinski definition) is 0. The third-order valence-electron chi connectivity index (χ3n) is 2.87. The zero-order chi connectivity index (χ0) is 14.0. The molecular formula is C17H28O. The maximum Gasteiger partial charge on any atom is 0.155 e. The van der Waals surface area contributed by atoms with Gasteiger partial charge in [0.2, 0.25) is 0 Å². The molecule has 0 aliphatic rings. The first-order valence-electron chi connectivity index (χ1n) is 6.96. The first kappa shape index (κ1) is 16.9. The summed E-state index contributed by atoms with van der Waals surface area (Å²) in [5.74, 6) is 0.903. The maximum absolute atomic E-state index is 11.2. The largest absolute Gasteiger partial charge is 0.295 e. The van der Waals surface area contributed by atoms with Gasteiger partial charge in [-0.15, -0.1) is 0 Å². The number of ketones is 1. The van der Waals surface area contributed by atoms with E-state index >= 15 is 0 Å². The number of rotatable bonds is 8. The molecule has 0 aliphatic carbocycles. The molecule has 0 aliphatic heterocycles. The summed E-state index contributed by atoms with van der Waals surface area (Å²) in [6, 6.07) is 0.